The number of amides is 1. The molecule has 0 spiro atoms. The number of carbonyl (C=O) groups is 2. The highest BCUT2D eigenvalue weighted by Gasteiger charge is 2.17. The van der Waals surface area contributed by atoms with E-state index in [2.05, 4.69) is 10.4 Å². The van der Waals surface area contributed by atoms with Crippen molar-refractivity contribution < 1.29 is 23.5 Å². The van der Waals surface area contributed by atoms with Gasteiger partial charge in [-0.1, -0.05) is 0 Å². The predicted molar refractivity (Wildman–Crippen MR) is 68.9 cm³/mol. The largest absolute Gasteiger partial charge is 0.480 e. The molecule has 1 aromatic heterocycles. The van der Waals surface area contributed by atoms with Crippen LogP contribution in [-0.2, 0) is 4.79 Å². The Kier molecular flexibility index (Phi) is 3.97. The first-order chi connectivity index (χ1) is 9.88. The summed E-state index contributed by atoms with van der Waals surface area (Å²) in [5.41, 5.74) is -0.118. The van der Waals surface area contributed by atoms with E-state index in [1.165, 1.54) is 13.1 Å². The molecule has 1 heterocycles. The normalized spacial score (nSPS) is 12.0. The van der Waals surface area contributed by atoms with Crippen LogP contribution >= 0.6 is 0 Å². The van der Waals surface area contributed by atoms with Crippen LogP contribution in [-0.4, -0.2) is 26.8 Å². The number of carboxylic acid groups (broad SMARTS) is 1. The molecule has 1 aromatic carbocycles. The highest BCUT2D eigenvalue weighted by molar-refractivity contribution is 6.04. The van der Waals surface area contributed by atoms with Crippen LogP contribution in [0.25, 0.3) is 0 Å². The average Bonchev–Trinajstić information content (AvgIpc) is 2.90. The van der Waals surface area contributed by atoms with Crippen molar-refractivity contribution in [3.63, 3.8) is 0 Å². The summed E-state index contributed by atoms with van der Waals surface area (Å²) in [5.74, 6) is -3.44. The summed E-state index contributed by atoms with van der Waals surface area (Å²) in [7, 11) is 0. The van der Waals surface area contributed by atoms with E-state index in [0.29, 0.717) is 6.07 Å². The maximum absolute atomic E-state index is 13.4. The highest BCUT2D eigenvalue weighted by Crippen LogP contribution is 2.16. The van der Waals surface area contributed by atoms with Gasteiger partial charge < -0.3 is 10.4 Å². The number of hydrogen-bond acceptors (Lipinski definition) is 3. The molecule has 0 radical (unpaired) electrons. The smallest absolute Gasteiger partial charge is 0.328 e. The summed E-state index contributed by atoms with van der Waals surface area (Å²) in [4.78, 5) is 22.7. The van der Waals surface area contributed by atoms with Gasteiger partial charge in [0.15, 0.2) is 0 Å². The maximum Gasteiger partial charge on any atom is 0.328 e. The molecule has 2 rings (SSSR count). The Morgan fingerprint density at radius 2 is 2.10 bits per heavy atom. The third kappa shape index (κ3) is 3.22. The minimum absolute atomic E-state index is 0.0619. The van der Waals surface area contributed by atoms with Gasteiger partial charge in [0, 0.05) is 12.3 Å². The molecule has 1 atom stereocenters. The average molecular weight is 295 g/mol. The molecular weight excluding hydrogens is 284 g/mol. The number of hydrogen-bond donors (Lipinski definition) is 2. The van der Waals surface area contributed by atoms with Crippen molar-refractivity contribution in [3.05, 3.63) is 47.8 Å². The minimum atomic E-state index is -1.10. The van der Waals surface area contributed by atoms with Crippen LogP contribution < -0.4 is 5.32 Å². The Bertz CT molecular complexity index is 700. The van der Waals surface area contributed by atoms with Crippen LogP contribution in [0.4, 0.5) is 14.5 Å². The van der Waals surface area contributed by atoms with Crippen LogP contribution in [0.2, 0.25) is 0 Å². The fourth-order valence-corrected chi connectivity index (χ4v) is 1.57. The monoisotopic (exact) mass is 295 g/mol. The van der Waals surface area contributed by atoms with E-state index in [9.17, 15) is 18.4 Å². The van der Waals surface area contributed by atoms with E-state index < -0.39 is 29.6 Å². The molecule has 0 aliphatic rings. The van der Waals surface area contributed by atoms with Crippen molar-refractivity contribution in [1.29, 1.82) is 0 Å². The van der Waals surface area contributed by atoms with Gasteiger partial charge in [0.25, 0.3) is 5.91 Å². The number of carbonyl (C=O) groups excluding carboxylic acids is 1. The topological polar surface area (TPSA) is 84.2 Å². The molecule has 0 saturated carbocycles. The van der Waals surface area contributed by atoms with E-state index >= 15 is 0 Å². The lowest BCUT2D eigenvalue weighted by molar-refractivity contribution is -0.140. The number of aliphatic carboxylic acids is 1. The van der Waals surface area contributed by atoms with Crippen molar-refractivity contribution >= 4 is 17.6 Å². The maximum atomic E-state index is 13.4. The molecule has 2 N–H and O–H groups in total. The molecule has 110 valence electrons. The number of aromatic nitrogens is 2. The molecule has 6 nitrogen and oxygen atoms in total. The molecular formula is C13H11F2N3O3. The van der Waals surface area contributed by atoms with Gasteiger partial charge in [-0.05, 0) is 19.1 Å². The van der Waals surface area contributed by atoms with Crippen LogP contribution in [0, 0.1) is 11.6 Å². The summed E-state index contributed by atoms with van der Waals surface area (Å²) >= 11 is 0. The van der Waals surface area contributed by atoms with E-state index in [-0.39, 0.29) is 11.3 Å². The lowest BCUT2D eigenvalue weighted by Gasteiger charge is -2.06. The van der Waals surface area contributed by atoms with E-state index in [4.69, 9.17) is 5.11 Å². The van der Waals surface area contributed by atoms with Gasteiger partial charge in [-0.3, -0.25) is 9.48 Å². The lowest BCUT2D eigenvalue weighted by atomic mass is 10.2. The minimum Gasteiger partial charge on any atom is -0.480 e. The van der Waals surface area contributed by atoms with Crippen molar-refractivity contribution in [1.82, 2.24) is 9.78 Å². The third-order valence-electron chi connectivity index (χ3n) is 2.80. The van der Waals surface area contributed by atoms with Crippen LogP contribution in [0.15, 0.2) is 30.6 Å². The first-order valence-electron chi connectivity index (χ1n) is 5.92. The van der Waals surface area contributed by atoms with Crippen molar-refractivity contribution in [2.75, 3.05) is 5.32 Å². The molecule has 2 aromatic rings. The quantitative estimate of drug-likeness (QED) is 0.904. The Labute approximate surface area is 118 Å². The first kappa shape index (κ1) is 14.6. The summed E-state index contributed by atoms with van der Waals surface area (Å²) in [6, 6.07) is 1.81. The van der Waals surface area contributed by atoms with Gasteiger partial charge in [-0.15, -0.1) is 0 Å². The number of anilines is 1. The number of rotatable bonds is 4. The van der Waals surface area contributed by atoms with E-state index in [1.54, 1.807) is 0 Å². The van der Waals surface area contributed by atoms with Crippen molar-refractivity contribution in [3.8, 4) is 0 Å². The molecule has 21 heavy (non-hydrogen) atoms. The molecule has 0 aliphatic heterocycles. The highest BCUT2D eigenvalue weighted by atomic mass is 19.1. The van der Waals surface area contributed by atoms with Gasteiger partial charge in [0.05, 0.1) is 17.4 Å². The van der Waals surface area contributed by atoms with Gasteiger partial charge in [-0.2, -0.15) is 5.10 Å². The molecule has 8 heteroatoms. The van der Waals surface area contributed by atoms with E-state index in [1.807, 2.05) is 0 Å². The Hall–Kier alpha value is -2.77. The van der Waals surface area contributed by atoms with Gasteiger partial charge >= 0.3 is 5.97 Å². The molecule has 0 saturated heterocycles. The summed E-state index contributed by atoms with van der Waals surface area (Å²) in [5, 5.41) is 14.8. The zero-order chi connectivity index (χ0) is 15.6. The summed E-state index contributed by atoms with van der Waals surface area (Å²) in [6.45, 7) is 1.40. The number of nitrogens with zero attached hydrogens (tertiary/aromatic N) is 2. The number of benzene rings is 1. The van der Waals surface area contributed by atoms with Crippen LogP contribution in [0.3, 0.4) is 0 Å². The van der Waals surface area contributed by atoms with Crippen LogP contribution in [0.5, 0.6) is 0 Å². The van der Waals surface area contributed by atoms with Gasteiger partial charge in [-0.25, -0.2) is 13.6 Å². The SMILES string of the molecule is CC(C(=O)O)n1cc(C(=O)Nc2ccc(F)cc2F)cn1. The third-order valence-corrected chi connectivity index (χ3v) is 2.80. The van der Waals surface area contributed by atoms with Gasteiger partial charge in [0.1, 0.15) is 17.7 Å². The van der Waals surface area contributed by atoms with Gasteiger partial charge in [0.2, 0.25) is 0 Å². The zero-order valence-corrected chi connectivity index (χ0v) is 10.9. The Morgan fingerprint density at radius 3 is 2.71 bits per heavy atom. The fraction of sp³-hybridized carbons (Fsp3) is 0.154. The Balaban J connectivity index is 2.15. The zero-order valence-electron chi connectivity index (χ0n) is 10.9. The van der Waals surface area contributed by atoms with Crippen molar-refractivity contribution in [2.45, 2.75) is 13.0 Å². The predicted octanol–water partition coefficient (Wildman–Crippen LogP) is 2.06. The summed E-state index contributed by atoms with van der Waals surface area (Å²) in [6.07, 6.45) is 2.39. The number of halogens is 2. The molecule has 1 amide bonds. The summed E-state index contributed by atoms with van der Waals surface area (Å²) < 4.78 is 27.3. The number of nitrogens with one attached hydrogen (secondary N) is 1. The second kappa shape index (κ2) is 5.70. The molecule has 1 unspecified atom stereocenters. The standard InChI is InChI=1S/C13H11F2N3O3/c1-7(13(20)21)18-6-8(5-16-18)12(19)17-11-3-2-9(14)4-10(11)15/h2-7H,1H3,(H,17,19)(H,20,21). The fourth-order valence-electron chi connectivity index (χ4n) is 1.57. The van der Waals surface area contributed by atoms with Crippen molar-refractivity contribution in [2.24, 2.45) is 0 Å². The number of carboxylic acids is 1. The van der Waals surface area contributed by atoms with Crippen LogP contribution in [0.1, 0.15) is 23.3 Å². The molecule has 0 aliphatic carbocycles. The second-order valence-corrected chi connectivity index (χ2v) is 4.30. The lowest BCUT2D eigenvalue weighted by Crippen LogP contribution is -2.16. The molecule has 0 bridgehead atoms. The molecule has 0 fully saturated rings. The Morgan fingerprint density at radius 1 is 1.38 bits per heavy atom. The van der Waals surface area contributed by atoms with E-state index in [0.717, 1.165) is 23.0 Å². The second-order valence-electron chi connectivity index (χ2n) is 4.30. The first-order valence-corrected chi connectivity index (χ1v) is 5.92.